The highest BCUT2D eigenvalue weighted by molar-refractivity contribution is 9.11. The van der Waals surface area contributed by atoms with Gasteiger partial charge in [-0.1, -0.05) is 0 Å². The molecule has 0 aliphatic rings. The Balaban J connectivity index is 1.92. The quantitative estimate of drug-likeness (QED) is 0.770. The average Bonchev–Trinajstić information content (AvgIpc) is 2.94. The largest absolute Gasteiger partial charge is 0.444 e. The molecule has 2 N–H and O–H groups in total. The molecule has 0 atom stereocenters. The van der Waals surface area contributed by atoms with Crippen LogP contribution in [0.25, 0.3) is 0 Å². The Morgan fingerprint density at radius 1 is 1.06 bits per heavy atom. The van der Waals surface area contributed by atoms with E-state index in [2.05, 4.69) is 42.7 Å². The molecule has 0 saturated heterocycles. The number of amides is 2. The van der Waals surface area contributed by atoms with Gasteiger partial charge in [0.15, 0.2) is 10.4 Å². The van der Waals surface area contributed by atoms with Crippen LogP contribution in [0.1, 0.15) is 20.2 Å². The number of halogens is 2. The molecule has 2 heterocycles. The summed E-state index contributed by atoms with van der Waals surface area (Å²) in [6.45, 7) is 0. The zero-order valence-electron chi connectivity index (χ0n) is 8.70. The van der Waals surface area contributed by atoms with Crippen molar-refractivity contribution in [2.45, 2.75) is 0 Å². The third-order valence-corrected chi connectivity index (χ3v) is 3.93. The summed E-state index contributed by atoms with van der Waals surface area (Å²) in [5.74, 6) is -0.802. The number of carbonyl (C=O) groups excluding carboxylic acids is 2. The molecule has 0 bridgehead atoms. The molecule has 94 valence electrons. The van der Waals surface area contributed by atoms with Crippen molar-refractivity contribution in [2.75, 3.05) is 0 Å². The zero-order valence-corrected chi connectivity index (χ0v) is 12.7. The van der Waals surface area contributed by atoms with Gasteiger partial charge in [0, 0.05) is 0 Å². The zero-order chi connectivity index (χ0) is 13.1. The van der Waals surface area contributed by atoms with Gasteiger partial charge in [0.1, 0.15) is 0 Å². The summed E-state index contributed by atoms with van der Waals surface area (Å²) in [6, 6.07) is 6.49. The second kappa shape index (κ2) is 5.68. The number of nitrogens with one attached hydrogen (secondary N) is 2. The Morgan fingerprint density at radius 2 is 1.78 bits per heavy atom. The van der Waals surface area contributed by atoms with Gasteiger partial charge in [0.25, 0.3) is 5.91 Å². The Morgan fingerprint density at radius 3 is 2.33 bits per heavy atom. The van der Waals surface area contributed by atoms with Crippen molar-refractivity contribution in [3.05, 3.63) is 43.4 Å². The lowest BCUT2D eigenvalue weighted by Crippen LogP contribution is -2.41. The van der Waals surface area contributed by atoms with Gasteiger partial charge in [-0.15, -0.1) is 11.3 Å². The van der Waals surface area contributed by atoms with E-state index >= 15 is 0 Å². The van der Waals surface area contributed by atoms with E-state index in [0.717, 1.165) is 3.79 Å². The fourth-order valence-corrected chi connectivity index (χ4v) is 2.70. The summed E-state index contributed by atoms with van der Waals surface area (Å²) >= 11 is 7.60. The monoisotopic (exact) mass is 392 g/mol. The highest BCUT2D eigenvalue weighted by Gasteiger charge is 2.13. The molecule has 0 unspecified atom stereocenters. The Hall–Kier alpha value is -1.12. The summed E-state index contributed by atoms with van der Waals surface area (Å²) < 4.78 is 6.32. The molecule has 2 rings (SSSR count). The maximum Gasteiger partial charge on any atom is 0.305 e. The molecule has 5 nitrogen and oxygen atoms in total. The molecule has 18 heavy (non-hydrogen) atoms. The van der Waals surface area contributed by atoms with Crippen LogP contribution in [-0.4, -0.2) is 11.8 Å². The summed E-state index contributed by atoms with van der Waals surface area (Å²) in [7, 11) is 0. The molecule has 8 heteroatoms. The molecule has 0 saturated carbocycles. The Labute approximate surface area is 123 Å². The van der Waals surface area contributed by atoms with E-state index < -0.39 is 5.91 Å². The van der Waals surface area contributed by atoms with E-state index in [4.69, 9.17) is 4.42 Å². The van der Waals surface area contributed by atoms with Crippen LogP contribution in [0.4, 0.5) is 0 Å². The van der Waals surface area contributed by atoms with Gasteiger partial charge in [-0.3, -0.25) is 20.4 Å². The third kappa shape index (κ3) is 3.21. The fraction of sp³-hybridized carbons (Fsp3) is 0. The smallest absolute Gasteiger partial charge is 0.305 e. The van der Waals surface area contributed by atoms with Crippen LogP contribution in [0.3, 0.4) is 0 Å². The minimum absolute atomic E-state index is 0.106. The van der Waals surface area contributed by atoms with Crippen LogP contribution in [-0.2, 0) is 0 Å². The number of thiophene rings is 1. The average molecular weight is 394 g/mol. The van der Waals surface area contributed by atoms with Crippen molar-refractivity contribution in [3.8, 4) is 0 Å². The third-order valence-electron chi connectivity index (χ3n) is 1.88. The highest BCUT2D eigenvalue weighted by Crippen LogP contribution is 2.21. The van der Waals surface area contributed by atoms with Gasteiger partial charge in [0.2, 0.25) is 0 Å². The molecule has 2 amide bonds. The molecule has 0 fully saturated rings. The fourth-order valence-electron chi connectivity index (χ4n) is 1.11. The Kier molecular flexibility index (Phi) is 4.20. The Bertz CT molecular complexity index is 541. The first-order chi connectivity index (χ1) is 8.56. The van der Waals surface area contributed by atoms with Crippen LogP contribution in [0, 0.1) is 0 Å². The first-order valence-electron chi connectivity index (χ1n) is 4.67. The van der Waals surface area contributed by atoms with Crippen LogP contribution >= 0.6 is 43.2 Å². The molecule has 0 spiro atoms. The number of furan rings is 1. The minimum Gasteiger partial charge on any atom is -0.444 e. The molecule has 0 aliphatic carbocycles. The van der Waals surface area contributed by atoms with E-state index in [-0.39, 0.29) is 11.7 Å². The highest BCUT2D eigenvalue weighted by atomic mass is 79.9. The molecule has 0 aromatic carbocycles. The van der Waals surface area contributed by atoms with Crippen LogP contribution in [0.15, 0.2) is 37.1 Å². The second-order valence-electron chi connectivity index (χ2n) is 3.12. The number of carbonyl (C=O) groups is 2. The molecular formula is C10H6Br2N2O3S. The second-order valence-corrected chi connectivity index (χ2v) is 6.36. The summed E-state index contributed by atoms with van der Waals surface area (Å²) in [5.41, 5.74) is 4.55. The van der Waals surface area contributed by atoms with Crippen molar-refractivity contribution in [1.82, 2.24) is 10.9 Å². The normalized spacial score (nSPS) is 10.1. The predicted molar refractivity (Wildman–Crippen MR) is 73.4 cm³/mol. The van der Waals surface area contributed by atoms with Gasteiger partial charge >= 0.3 is 5.91 Å². The number of hydrazine groups is 1. The van der Waals surface area contributed by atoms with E-state index in [1.807, 2.05) is 0 Å². The van der Waals surface area contributed by atoms with Crippen molar-refractivity contribution >= 4 is 55.0 Å². The van der Waals surface area contributed by atoms with E-state index in [9.17, 15) is 9.59 Å². The van der Waals surface area contributed by atoms with Crippen molar-refractivity contribution < 1.29 is 14.0 Å². The maximum atomic E-state index is 11.6. The summed E-state index contributed by atoms with van der Waals surface area (Å²) in [4.78, 5) is 23.7. The lowest BCUT2D eigenvalue weighted by atomic mass is 10.4. The molecule has 2 aromatic heterocycles. The molecular weight excluding hydrogens is 388 g/mol. The molecule has 0 aliphatic heterocycles. The van der Waals surface area contributed by atoms with Crippen molar-refractivity contribution in [1.29, 1.82) is 0 Å². The SMILES string of the molecule is O=C(NNC(=O)c1ccc(Br)s1)c1ccc(Br)o1. The van der Waals surface area contributed by atoms with Crippen LogP contribution in [0.5, 0.6) is 0 Å². The summed E-state index contributed by atoms with van der Waals surface area (Å²) in [5, 5.41) is 0. The summed E-state index contributed by atoms with van der Waals surface area (Å²) in [6.07, 6.45) is 0. The van der Waals surface area contributed by atoms with Crippen LogP contribution in [0.2, 0.25) is 0 Å². The lowest BCUT2D eigenvalue weighted by molar-refractivity contribution is 0.0832. The first kappa shape index (κ1) is 13.3. The van der Waals surface area contributed by atoms with Gasteiger partial charge in [0.05, 0.1) is 8.66 Å². The van der Waals surface area contributed by atoms with Gasteiger partial charge in [-0.05, 0) is 56.1 Å². The number of rotatable bonds is 2. The van der Waals surface area contributed by atoms with E-state index in [1.165, 1.54) is 17.4 Å². The van der Waals surface area contributed by atoms with Gasteiger partial charge in [-0.25, -0.2) is 0 Å². The molecule has 2 aromatic rings. The predicted octanol–water partition coefficient (Wildman–Crippen LogP) is 2.94. The topological polar surface area (TPSA) is 71.3 Å². The number of hydrogen-bond acceptors (Lipinski definition) is 4. The molecule has 0 radical (unpaired) electrons. The maximum absolute atomic E-state index is 11.6. The van der Waals surface area contributed by atoms with Crippen molar-refractivity contribution in [2.24, 2.45) is 0 Å². The van der Waals surface area contributed by atoms with Gasteiger partial charge < -0.3 is 4.42 Å². The van der Waals surface area contributed by atoms with Crippen LogP contribution < -0.4 is 10.9 Å². The van der Waals surface area contributed by atoms with Gasteiger partial charge in [-0.2, -0.15) is 0 Å². The lowest BCUT2D eigenvalue weighted by Gasteiger charge is -2.03. The van der Waals surface area contributed by atoms with E-state index in [1.54, 1.807) is 18.2 Å². The minimum atomic E-state index is -0.523. The van der Waals surface area contributed by atoms with E-state index in [0.29, 0.717) is 9.55 Å². The first-order valence-corrected chi connectivity index (χ1v) is 7.08. The standard InChI is InChI=1S/C10H6Br2N2O3S/c11-7-3-1-5(17-7)9(15)13-14-10(16)6-2-4-8(12)18-6/h1-4H,(H,13,15)(H,14,16). The number of hydrogen-bond donors (Lipinski definition) is 2. The van der Waals surface area contributed by atoms with Crippen molar-refractivity contribution in [3.63, 3.8) is 0 Å².